The van der Waals surface area contributed by atoms with Crippen LogP contribution < -0.4 is 0 Å². The number of fused-ring (bicyclic) bond motifs is 6. The van der Waals surface area contributed by atoms with E-state index in [-0.39, 0.29) is 0 Å². The summed E-state index contributed by atoms with van der Waals surface area (Å²) in [6, 6.07) is 59.2. The lowest BCUT2D eigenvalue weighted by Gasteiger charge is -2.08. The van der Waals surface area contributed by atoms with E-state index in [0.29, 0.717) is 0 Å². The molecule has 0 bridgehead atoms. The Bertz CT molecular complexity index is 2480. The summed E-state index contributed by atoms with van der Waals surface area (Å²) in [6.07, 6.45) is 0. The first-order chi connectivity index (χ1) is 21.8. The van der Waals surface area contributed by atoms with E-state index in [0.717, 1.165) is 11.0 Å². The van der Waals surface area contributed by atoms with E-state index in [1.807, 2.05) is 0 Å². The zero-order chi connectivity index (χ0) is 29.0. The first-order valence-corrected chi connectivity index (χ1v) is 15.1. The number of aromatic amines is 1. The van der Waals surface area contributed by atoms with Crippen LogP contribution in [0.3, 0.4) is 0 Å². The number of H-pyrrole nitrogens is 1. The number of hydrogen-bond acceptors (Lipinski definition) is 0. The van der Waals surface area contributed by atoms with Crippen molar-refractivity contribution in [2.75, 3.05) is 0 Å². The summed E-state index contributed by atoms with van der Waals surface area (Å²) >= 11 is 0. The molecule has 0 aliphatic heterocycles. The molecular formula is C42H28N2. The molecule has 0 atom stereocenters. The van der Waals surface area contributed by atoms with Crippen LogP contribution in [0.25, 0.3) is 82.7 Å². The SMILES string of the molecule is c1ccc(-c2cccc(-c3ccc4[nH]c5ccc(-c6ccc7c(c6)c6ccccc6n7-c6ccccc6)cc5c4c3)c2)cc1. The van der Waals surface area contributed by atoms with E-state index in [1.54, 1.807) is 0 Å². The molecule has 0 aliphatic rings. The van der Waals surface area contributed by atoms with Gasteiger partial charge < -0.3 is 9.55 Å². The van der Waals surface area contributed by atoms with Gasteiger partial charge in [-0.15, -0.1) is 0 Å². The van der Waals surface area contributed by atoms with Crippen LogP contribution in [0.1, 0.15) is 0 Å². The van der Waals surface area contributed by atoms with Gasteiger partial charge in [-0.05, 0) is 94.0 Å². The van der Waals surface area contributed by atoms with Crippen LogP contribution in [0.5, 0.6) is 0 Å². The molecule has 0 radical (unpaired) electrons. The molecular weight excluding hydrogens is 532 g/mol. The Labute approximate surface area is 255 Å². The Kier molecular flexibility index (Phi) is 5.54. The van der Waals surface area contributed by atoms with Crippen molar-refractivity contribution >= 4 is 43.6 Å². The van der Waals surface area contributed by atoms with Crippen LogP contribution in [-0.4, -0.2) is 9.55 Å². The van der Waals surface area contributed by atoms with Crippen molar-refractivity contribution in [1.29, 1.82) is 0 Å². The highest BCUT2D eigenvalue weighted by Crippen LogP contribution is 2.37. The molecule has 206 valence electrons. The standard InChI is InChI=1S/C42H28N2/c1-3-10-28(11-4-1)29-12-9-13-30(24-29)31-18-21-39-36(25-31)37-26-32(19-22-40(37)43-39)33-20-23-42-38(27-33)35-16-7-8-17-41(35)44(42)34-14-5-2-6-15-34/h1-27,43H. The van der Waals surface area contributed by atoms with Gasteiger partial charge in [0.1, 0.15) is 0 Å². The minimum absolute atomic E-state index is 1.15. The van der Waals surface area contributed by atoms with Gasteiger partial charge in [-0.1, -0.05) is 103 Å². The van der Waals surface area contributed by atoms with E-state index in [9.17, 15) is 0 Å². The lowest BCUT2D eigenvalue weighted by Crippen LogP contribution is -1.92. The van der Waals surface area contributed by atoms with Crippen molar-refractivity contribution in [3.63, 3.8) is 0 Å². The fourth-order valence-electron chi connectivity index (χ4n) is 6.77. The minimum Gasteiger partial charge on any atom is -0.355 e. The first-order valence-electron chi connectivity index (χ1n) is 15.1. The van der Waals surface area contributed by atoms with E-state index in [1.165, 1.54) is 71.6 Å². The van der Waals surface area contributed by atoms with Gasteiger partial charge in [-0.25, -0.2) is 0 Å². The predicted molar refractivity (Wildman–Crippen MR) is 186 cm³/mol. The maximum atomic E-state index is 3.64. The number of para-hydroxylation sites is 2. The summed E-state index contributed by atoms with van der Waals surface area (Å²) in [5.41, 5.74) is 13.3. The highest BCUT2D eigenvalue weighted by atomic mass is 15.0. The van der Waals surface area contributed by atoms with Crippen molar-refractivity contribution in [3.05, 3.63) is 164 Å². The first kappa shape index (κ1) is 24.7. The van der Waals surface area contributed by atoms with E-state index < -0.39 is 0 Å². The molecule has 0 fully saturated rings. The Hall–Kier alpha value is -5.86. The van der Waals surface area contributed by atoms with Gasteiger partial charge in [-0.2, -0.15) is 0 Å². The highest BCUT2D eigenvalue weighted by Gasteiger charge is 2.14. The van der Waals surface area contributed by atoms with Crippen molar-refractivity contribution in [1.82, 2.24) is 9.55 Å². The van der Waals surface area contributed by atoms with Crippen LogP contribution in [0.15, 0.2) is 164 Å². The third-order valence-corrected chi connectivity index (χ3v) is 8.92. The molecule has 7 aromatic carbocycles. The van der Waals surface area contributed by atoms with Gasteiger partial charge in [0.2, 0.25) is 0 Å². The van der Waals surface area contributed by atoms with Gasteiger partial charge in [0.05, 0.1) is 11.0 Å². The molecule has 0 amide bonds. The van der Waals surface area contributed by atoms with Crippen molar-refractivity contribution in [2.24, 2.45) is 0 Å². The number of rotatable bonds is 4. The van der Waals surface area contributed by atoms with Gasteiger partial charge in [0.25, 0.3) is 0 Å². The van der Waals surface area contributed by atoms with Crippen LogP contribution >= 0.6 is 0 Å². The zero-order valence-electron chi connectivity index (χ0n) is 24.0. The average Bonchev–Trinajstić information content (AvgIpc) is 3.63. The molecule has 2 nitrogen and oxygen atoms in total. The molecule has 0 saturated carbocycles. The Morgan fingerprint density at radius 2 is 0.818 bits per heavy atom. The molecule has 0 spiro atoms. The number of nitrogens with one attached hydrogen (secondary N) is 1. The molecule has 2 aromatic heterocycles. The number of hydrogen-bond donors (Lipinski definition) is 1. The van der Waals surface area contributed by atoms with Crippen molar-refractivity contribution in [2.45, 2.75) is 0 Å². The van der Waals surface area contributed by atoms with Gasteiger partial charge in [0.15, 0.2) is 0 Å². The summed E-state index contributed by atoms with van der Waals surface area (Å²) in [4.78, 5) is 3.64. The molecule has 0 saturated heterocycles. The molecule has 44 heavy (non-hydrogen) atoms. The highest BCUT2D eigenvalue weighted by molar-refractivity contribution is 6.12. The van der Waals surface area contributed by atoms with E-state index in [2.05, 4.69) is 173 Å². The Balaban J connectivity index is 1.17. The molecule has 1 N–H and O–H groups in total. The van der Waals surface area contributed by atoms with Crippen LogP contribution in [-0.2, 0) is 0 Å². The summed E-state index contributed by atoms with van der Waals surface area (Å²) in [7, 11) is 0. The van der Waals surface area contributed by atoms with E-state index in [4.69, 9.17) is 0 Å². The second kappa shape index (κ2) is 9.86. The second-order valence-corrected chi connectivity index (χ2v) is 11.5. The number of aromatic nitrogens is 2. The zero-order valence-corrected chi connectivity index (χ0v) is 24.0. The average molecular weight is 561 g/mol. The molecule has 0 aliphatic carbocycles. The molecule has 9 rings (SSSR count). The summed E-state index contributed by atoms with van der Waals surface area (Å²) in [5.74, 6) is 0. The van der Waals surface area contributed by atoms with E-state index >= 15 is 0 Å². The third-order valence-electron chi connectivity index (χ3n) is 8.92. The smallest absolute Gasteiger partial charge is 0.0541 e. The van der Waals surface area contributed by atoms with Crippen LogP contribution in [0, 0.1) is 0 Å². The van der Waals surface area contributed by atoms with Gasteiger partial charge in [0, 0.05) is 38.3 Å². The quantitative estimate of drug-likeness (QED) is 0.221. The van der Waals surface area contributed by atoms with Crippen LogP contribution in [0.2, 0.25) is 0 Å². The summed E-state index contributed by atoms with van der Waals surface area (Å²) < 4.78 is 2.37. The fourth-order valence-corrected chi connectivity index (χ4v) is 6.77. The molecule has 9 aromatic rings. The largest absolute Gasteiger partial charge is 0.355 e. The topological polar surface area (TPSA) is 20.7 Å². The van der Waals surface area contributed by atoms with Gasteiger partial charge >= 0.3 is 0 Å². The van der Waals surface area contributed by atoms with Crippen molar-refractivity contribution < 1.29 is 0 Å². The summed E-state index contributed by atoms with van der Waals surface area (Å²) in [5, 5.41) is 5.02. The van der Waals surface area contributed by atoms with Crippen LogP contribution in [0.4, 0.5) is 0 Å². The maximum absolute atomic E-state index is 3.64. The number of nitrogens with zero attached hydrogens (tertiary/aromatic N) is 1. The third kappa shape index (κ3) is 3.96. The molecule has 0 unspecified atom stereocenters. The summed E-state index contributed by atoms with van der Waals surface area (Å²) in [6.45, 7) is 0. The van der Waals surface area contributed by atoms with Gasteiger partial charge in [-0.3, -0.25) is 0 Å². The Morgan fingerprint density at radius 1 is 0.318 bits per heavy atom. The normalized spacial score (nSPS) is 11.6. The monoisotopic (exact) mass is 560 g/mol. The number of benzene rings is 7. The minimum atomic E-state index is 1.15. The Morgan fingerprint density at radius 3 is 1.52 bits per heavy atom. The molecule has 2 heterocycles. The molecule has 2 heteroatoms. The van der Waals surface area contributed by atoms with Crippen molar-refractivity contribution in [3.8, 4) is 39.1 Å². The fraction of sp³-hybridized carbons (Fsp3) is 0. The predicted octanol–water partition coefficient (Wildman–Crippen LogP) is 11.4. The maximum Gasteiger partial charge on any atom is 0.0541 e. The second-order valence-electron chi connectivity index (χ2n) is 11.5. The lowest BCUT2D eigenvalue weighted by molar-refractivity contribution is 1.18. The lowest BCUT2D eigenvalue weighted by atomic mass is 9.97.